The first-order valence-electron chi connectivity index (χ1n) is 8.39. The lowest BCUT2D eigenvalue weighted by molar-refractivity contribution is 0.102. The van der Waals surface area contributed by atoms with Gasteiger partial charge in [0.2, 0.25) is 10.0 Å². The number of benzene rings is 1. The number of amides is 1. The van der Waals surface area contributed by atoms with Gasteiger partial charge < -0.3 is 5.32 Å². The zero-order valence-corrected chi connectivity index (χ0v) is 15.2. The molecule has 0 unspecified atom stereocenters. The third-order valence-corrected chi connectivity index (χ3v) is 6.39. The van der Waals surface area contributed by atoms with Crippen LogP contribution < -0.4 is 5.32 Å². The second-order valence-corrected chi connectivity index (χ2v) is 8.33. The molecule has 0 saturated carbocycles. The van der Waals surface area contributed by atoms with Crippen LogP contribution in [0.15, 0.2) is 47.6 Å². The van der Waals surface area contributed by atoms with E-state index in [1.807, 2.05) is 0 Å². The number of hydrogen-bond acceptors (Lipinski definition) is 4. The molecule has 1 aromatic carbocycles. The second kappa shape index (κ2) is 7.51. The number of anilines is 1. The Balaban J connectivity index is 1.86. The summed E-state index contributed by atoms with van der Waals surface area (Å²) < 4.78 is 41.1. The zero-order chi connectivity index (χ0) is 18.7. The van der Waals surface area contributed by atoms with Gasteiger partial charge >= 0.3 is 0 Å². The number of aromatic nitrogens is 1. The summed E-state index contributed by atoms with van der Waals surface area (Å²) in [5.74, 6) is -0.939. The molecule has 0 atom stereocenters. The molecule has 1 aliphatic heterocycles. The van der Waals surface area contributed by atoms with Gasteiger partial charge in [-0.3, -0.25) is 9.78 Å². The van der Waals surface area contributed by atoms with Crippen molar-refractivity contribution in [3.05, 3.63) is 54.1 Å². The highest BCUT2D eigenvalue weighted by molar-refractivity contribution is 7.89. The van der Waals surface area contributed by atoms with Crippen molar-refractivity contribution < 1.29 is 17.6 Å². The smallest absolute Gasteiger partial charge is 0.255 e. The summed E-state index contributed by atoms with van der Waals surface area (Å²) in [5.41, 5.74) is 0.537. The van der Waals surface area contributed by atoms with Crippen LogP contribution >= 0.6 is 0 Å². The molecule has 8 heteroatoms. The maximum absolute atomic E-state index is 14.2. The van der Waals surface area contributed by atoms with Crippen LogP contribution in [0.1, 0.15) is 30.1 Å². The van der Waals surface area contributed by atoms with Crippen LogP contribution in [-0.2, 0) is 10.0 Å². The summed E-state index contributed by atoms with van der Waals surface area (Å²) in [7, 11) is -3.98. The minimum Gasteiger partial charge on any atom is -0.321 e. The number of hydrogen-bond donors (Lipinski definition) is 1. The van der Waals surface area contributed by atoms with Gasteiger partial charge in [-0.2, -0.15) is 4.31 Å². The molecule has 6 nitrogen and oxygen atoms in total. The van der Waals surface area contributed by atoms with E-state index in [-0.39, 0.29) is 5.56 Å². The largest absolute Gasteiger partial charge is 0.321 e. The molecule has 2 aromatic rings. The number of rotatable bonds is 4. The third kappa shape index (κ3) is 3.91. The van der Waals surface area contributed by atoms with E-state index in [0.29, 0.717) is 24.7 Å². The summed E-state index contributed by atoms with van der Waals surface area (Å²) in [4.78, 5) is 15.8. The monoisotopic (exact) mass is 377 g/mol. The molecule has 0 spiro atoms. The SMILES string of the molecule is CC1CCN(S(=O)(=O)c2cc(C(=O)Nc3cccnc3)ccc2F)CC1. The van der Waals surface area contributed by atoms with E-state index in [0.717, 1.165) is 25.0 Å². The van der Waals surface area contributed by atoms with Crippen molar-refractivity contribution in [3.8, 4) is 0 Å². The number of nitrogens with zero attached hydrogens (tertiary/aromatic N) is 2. The fraction of sp³-hybridized carbons (Fsp3) is 0.333. The normalized spacial score (nSPS) is 16.4. The summed E-state index contributed by atoms with van der Waals surface area (Å²) in [5, 5.41) is 2.61. The average Bonchev–Trinajstić information content (AvgIpc) is 2.63. The van der Waals surface area contributed by atoms with Crippen molar-refractivity contribution >= 4 is 21.6 Å². The molecular weight excluding hydrogens is 357 g/mol. The highest BCUT2D eigenvalue weighted by atomic mass is 32.2. The predicted octanol–water partition coefficient (Wildman–Crippen LogP) is 2.89. The Kier molecular flexibility index (Phi) is 5.33. The summed E-state index contributed by atoms with van der Waals surface area (Å²) in [6.07, 6.45) is 4.51. The summed E-state index contributed by atoms with van der Waals surface area (Å²) in [6.45, 7) is 2.78. The first-order chi connectivity index (χ1) is 12.4. The quantitative estimate of drug-likeness (QED) is 0.889. The molecule has 1 saturated heterocycles. The van der Waals surface area contributed by atoms with Gasteiger partial charge in [-0.25, -0.2) is 12.8 Å². The van der Waals surface area contributed by atoms with E-state index < -0.39 is 26.6 Å². The van der Waals surface area contributed by atoms with Crippen molar-refractivity contribution in [3.63, 3.8) is 0 Å². The van der Waals surface area contributed by atoms with Gasteiger partial charge in [-0.15, -0.1) is 0 Å². The van der Waals surface area contributed by atoms with Crippen molar-refractivity contribution in [2.45, 2.75) is 24.7 Å². The van der Waals surface area contributed by atoms with Crippen LogP contribution in [-0.4, -0.2) is 36.7 Å². The van der Waals surface area contributed by atoms with Crippen LogP contribution in [0, 0.1) is 11.7 Å². The molecule has 1 N–H and O–H groups in total. The molecule has 1 fully saturated rings. The molecule has 138 valence electrons. The van der Waals surface area contributed by atoms with Gasteiger partial charge in [-0.05, 0) is 49.1 Å². The molecule has 0 radical (unpaired) electrons. The van der Waals surface area contributed by atoms with Gasteiger partial charge in [0.1, 0.15) is 10.7 Å². The van der Waals surface area contributed by atoms with Gasteiger partial charge in [-0.1, -0.05) is 6.92 Å². The maximum Gasteiger partial charge on any atom is 0.255 e. The predicted molar refractivity (Wildman–Crippen MR) is 95.7 cm³/mol. The Morgan fingerprint density at radius 3 is 2.65 bits per heavy atom. The molecule has 0 aliphatic carbocycles. The highest BCUT2D eigenvalue weighted by Crippen LogP contribution is 2.26. The van der Waals surface area contributed by atoms with Crippen molar-refractivity contribution in [2.24, 2.45) is 5.92 Å². The van der Waals surface area contributed by atoms with Crippen molar-refractivity contribution in [1.82, 2.24) is 9.29 Å². The van der Waals surface area contributed by atoms with Crippen LogP contribution in [0.5, 0.6) is 0 Å². The Morgan fingerprint density at radius 1 is 1.27 bits per heavy atom. The van der Waals surface area contributed by atoms with Crippen LogP contribution in [0.2, 0.25) is 0 Å². The van der Waals surface area contributed by atoms with Crippen molar-refractivity contribution in [2.75, 3.05) is 18.4 Å². The van der Waals surface area contributed by atoms with E-state index in [1.165, 1.54) is 16.6 Å². The van der Waals surface area contributed by atoms with Crippen LogP contribution in [0.4, 0.5) is 10.1 Å². The number of nitrogens with one attached hydrogen (secondary N) is 1. The molecule has 1 amide bonds. The molecule has 26 heavy (non-hydrogen) atoms. The lowest BCUT2D eigenvalue weighted by atomic mass is 10.0. The van der Waals surface area contributed by atoms with E-state index >= 15 is 0 Å². The first kappa shape index (κ1) is 18.5. The van der Waals surface area contributed by atoms with Crippen LogP contribution in [0.3, 0.4) is 0 Å². The van der Waals surface area contributed by atoms with Gasteiger partial charge in [0.15, 0.2) is 0 Å². The fourth-order valence-electron chi connectivity index (χ4n) is 2.85. The number of sulfonamides is 1. The molecular formula is C18H20FN3O3S. The van der Waals surface area contributed by atoms with Gasteiger partial charge in [0.25, 0.3) is 5.91 Å². The van der Waals surface area contributed by atoms with Gasteiger partial charge in [0.05, 0.1) is 11.9 Å². The Hall–Kier alpha value is -2.32. The average molecular weight is 377 g/mol. The standard InChI is InChI=1S/C18H20FN3O3S/c1-13-6-9-22(10-7-13)26(24,25)17-11-14(4-5-16(17)19)18(23)21-15-3-2-8-20-12-15/h2-5,8,11-13H,6-7,9-10H2,1H3,(H,21,23). The Labute approximate surface area is 152 Å². The number of piperidine rings is 1. The molecule has 1 aromatic heterocycles. The molecule has 0 bridgehead atoms. The molecule has 1 aliphatic rings. The van der Waals surface area contributed by atoms with Crippen LogP contribution in [0.25, 0.3) is 0 Å². The first-order valence-corrected chi connectivity index (χ1v) is 9.83. The second-order valence-electron chi connectivity index (χ2n) is 6.43. The number of carbonyl (C=O) groups excluding carboxylic acids is 1. The lowest BCUT2D eigenvalue weighted by Crippen LogP contribution is -2.38. The number of pyridine rings is 1. The number of halogens is 1. The lowest BCUT2D eigenvalue weighted by Gasteiger charge is -2.29. The Bertz CT molecular complexity index is 895. The van der Waals surface area contributed by atoms with Crippen molar-refractivity contribution in [1.29, 1.82) is 0 Å². The minimum absolute atomic E-state index is 0.0687. The third-order valence-electron chi connectivity index (χ3n) is 4.47. The van der Waals surface area contributed by atoms with E-state index in [9.17, 15) is 17.6 Å². The number of carbonyl (C=O) groups is 1. The molecule has 2 heterocycles. The summed E-state index contributed by atoms with van der Waals surface area (Å²) >= 11 is 0. The van der Waals surface area contributed by atoms with E-state index in [1.54, 1.807) is 18.3 Å². The Morgan fingerprint density at radius 2 is 2.00 bits per heavy atom. The highest BCUT2D eigenvalue weighted by Gasteiger charge is 2.31. The van der Waals surface area contributed by atoms with Gasteiger partial charge in [0, 0.05) is 24.8 Å². The minimum atomic E-state index is -3.98. The molecule has 3 rings (SSSR count). The summed E-state index contributed by atoms with van der Waals surface area (Å²) in [6, 6.07) is 6.68. The van der Waals surface area contributed by atoms with E-state index in [2.05, 4.69) is 17.2 Å². The zero-order valence-electron chi connectivity index (χ0n) is 14.4. The fourth-order valence-corrected chi connectivity index (χ4v) is 4.41. The maximum atomic E-state index is 14.2. The topological polar surface area (TPSA) is 79.4 Å². The van der Waals surface area contributed by atoms with E-state index in [4.69, 9.17) is 0 Å².